The van der Waals surface area contributed by atoms with Gasteiger partial charge in [0.2, 0.25) is 10.0 Å². The van der Waals surface area contributed by atoms with Crippen LogP contribution in [0.5, 0.6) is 11.5 Å². The predicted octanol–water partition coefficient (Wildman–Crippen LogP) is 2.83. The molecule has 0 spiro atoms. The van der Waals surface area contributed by atoms with Gasteiger partial charge in [0.25, 0.3) is 0 Å². The molecule has 1 saturated heterocycles. The minimum absolute atomic E-state index is 0.230. The second-order valence-corrected chi connectivity index (χ2v) is 8.99. The molecule has 7 heteroatoms. The minimum atomic E-state index is -3.56. The van der Waals surface area contributed by atoms with Crippen LogP contribution in [0.4, 0.5) is 0 Å². The van der Waals surface area contributed by atoms with Crippen molar-refractivity contribution in [2.75, 3.05) is 40.4 Å². The van der Waals surface area contributed by atoms with Crippen molar-refractivity contribution in [3.05, 3.63) is 53.1 Å². The molecule has 2 aromatic rings. The summed E-state index contributed by atoms with van der Waals surface area (Å²) < 4.78 is 38.1. The molecule has 0 aliphatic carbocycles. The van der Waals surface area contributed by atoms with Gasteiger partial charge in [0.05, 0.1) is 19.1 Å². The first-order valence-electron chi connectivity index (χ1n) is 9.36. The van der Waals surface area contributed by atoms with Gasteiger partial charge < -0.3 is 9.47 Å². The molecule has 0 amide bonds. The maximum Gasteiger partial charge on any atom is 0.243 e. The Kier molecular flexibility index (Phi) is 6.27. The van der Waals surface area contributed by atoms with Gasteiger partial charge in [-0.3, -0.25) is 4.90 Å². The summed E-state index contributed by atoms with van der Waals surface area (Å²) in [6.07, 6.45) is 0. The fourth-order valence-electron chi connectivity index (χ4n) is 3.48. The van der Waals surface area contributed by atoms with Crippen molar-refractivity contribution in [3.63, 3.8) is 0 Å². The zero-order chi connectivity index (χ0) is 20.3. The van der Waals surface area contributed by atoms with E-state index in [1.807, 2.05) is 0 Å². The summed E-state index contributed by atoms with van der Waals surface area (Å²) in [6.45, 7) is 7.47. The van der Waals surface area contributed by atoms with E-state index >= 15 is 0 Å². The van der Waals surface area contributed by atoms with E-state index in [-0.39, 0.29) is 4.90 Å². The molecule has 1 heterocycles. The number of benzene rings is 2. The van der Waals surface area contributed by atoms with Gasteiger partial charge in [-0.15, -0.1) is 0 Å². The Morgan fingerprint density at radius 3 is 2.25 bits per heavy atom. The van der Waals surface area contributed by atoms with E-state index in [4.69, 9.17) is 9.47 Å². The summed E-state index contributed by atoms with van der Waals surface area (Å²) in [5.74, 6) is 0.928. The highest BCUT2D eigenvalue weighted by molar-refractivity contribution is 7.89. The summed E-state index contributed by atoms with van der Waals surface area (Å²) in [5.41, 5.74) is 3.89. The van der Waals surface area contributed by atoms with Crippen molar-refractivity contribution < 1.29 is 17.9 Å². The fourth-order valence-corrected chi connectivity index (χ4v) is 4.92. The second-order valence-electron chi connectivity index (χ2n) is 7.06. The van der Waals surface area contributed by atoms with Gasteiger partial charge in [-0.25, -0.2) is 8.42 Å². The smallest absolute Gasteiger partial charge is 0.243 e. The van der Waals surface area contributed by atoms with Gasteiger partial charge in [0.15, 0.2) is 11.5 Å². The van der Waals surface area contributed by atoms with Crippen LogP contribution in [0.1, 0.15) is 16.7 Å². The average Bonchev–Trinajstić information content (AvgIpc) is 2.71. The fraction of sp³-hybridized carbons (Fsp3) is 0.429. The maximum atomic E-state index is 13.0. The van der Waals surface area contributed by atoms with Crippen LogP contribution in [0.3, 0.4) is 0 Å². The Hall–Kier alpha value is -2.09. The molecular weight excluding hydrogens is 376 g/mol. The summed E-state index contributed by atoms with van der Waals surface area (Å²) >= 11 is 0. The highest BCUT2D eigenvalue weighted by atomic mass is 32.2. The molecule has 152 valence electrons. The lowest BCUT2D eigenvalue weighted by atomic mass is 10.0. The molecule has 1 fully saturated rings. The van der Waals surface area contributed by atoms with Crippen molar-refractivity contribution in [3.8, 4) is 11.5 Å². The van der Waals surface area contributed by atoms with Gasteiger partial charge in [-0.05, 0) is 42.7 Å². The van der Waals surface area contributed by atoms with Crippen molar-refractivity contribution in [1.82, 2.24) is 9.21 Å². The average molecular weight is 405 g/mol. The Morgan fingerprint density at radius 1 is 0.929 bits per heavy atom. The van der Waals surface area contributed by atoms with E-state index in [0.717, 1.165) is 6.54 Å². The predicted molar refractivity (Wildman–Crippen MR) is 109 cm³/mol. The van der Waals surface area contributed by atoms with Gasteiger partial charge >= 0.3 is 0 Å². The number of rotatable bonds is 6. The number of sulfonamides is 1. The third kappa shape index (κ3) is 4.16. The van der Waals surface area contributed by atoms with Gasteiger partial charge in [0, 0.05) is 38.8 Å². The molecule has 1 aliphatic heterocycles. The quantitative estimate of drug-likeness (QED) is 0.741. The van der Waals surface area contributed by atoms with Gasteiger partial charge in [0.1, 0.15) is 0 Å². The Bertz CT molecular complexity index is 935. The standard InChI is InChI=1S/C21H28N2O4S/c1-16-6-5-7-18(17(16)2)15-22-10-12-23(13-11-22)28(24,25)19-8-9-20(26-3)21(14-19)27-4/h5-9,14H,10-13,15H2,1-4H3. The number of piperazine rings is 1. The zero-order valence-electron chi connectivity index (χ0n) is 16.9. The molecule has 0 atom stereocenters. The zero-order valence-corrected chi connectivity index (χ0v) is 17.8. The Balaban J connectivity index is 1.69. The molecule has 0 radical (unpaired) electrons. The molecule has 28 heavy (non-hydrogen) atoms. The number of nitrogens with zero attached hydrogens (tertiary/aromatic N) is 2. The number of ether oxygens (including phenoxy) is 2. The van der Waals surface area contributed by atoms with Crippen LogP contribution in [-0.4, -0.2) is 58.0 Å². The number of hydrogen-bond donors (Lipinski definition) is 0. The van der Waals surface area contributed by atoms with Crippen molar-refractivity contribution >= 4 is 10.0 Å². The van der Waals surface area contributed by atoms with Crippen LogP contribution >= 0.6 is 0 Å². The van der Waals surface area contributed by atoms with E-state index < -0.39 is 10.0 Å². The monoisotopic (exact) mass is 404 g/mol. The Morgan fingerprint density at radius 2 is 1.61 bits per heavy atom. The van der Waals surface area contributed by atoms with E-state index in [9.17, 15) is 8.42 Å². The molecule has 0 N–H and O–H groups in total. The molecule has 2 aromatic carbocycles. The third-order valence-corrected chi connectivity index (χ3v) is 7.33. The summed E-state index contributed by atoms with van der Waals surface area (Å²) in [5, 5.41) is 0. The lowest BCUT2D eigenvalue weighted by Crippen LogP contribution is -2.48. The summed E-state index contributed by atoms with van der Waals surface area (Å²) in [6, 6.07) is 11.1. The van der Waals surface area contributed by atoms with Crippen LogP contribution in [0.15, 0.2) is 41.3 Å². The highest BCUT2D eigenvalue weighted by Crippen LogP contribution is 2.31. The molecule has 0 bridgehead atoms. The van der Waals surface area contributed by atoms with Crippen LogP contribution in [-0.2, 0) is 16.6 Å². The van der Waals surface area contributed by atoms with Crippen LogP contribution in [0.25, 0.3) is 0 Å². The topological polar surface area (TPSA) is 59.1 Å². The van der Waals surface area contributed by atoms with E-state index in [1.54, 1.807) is 16.4 Å². The van der Waals surface area contributed by atoms with Crippen molar-refractivity contribution in [1.29, 1.82) is 0 Å². The lowest BCUT2D eigenvalue weighted by molar-refractivity contribution is 0.181. The maximum absolute atomic E-state index is 13.0. The number of hydrogen-bond acceptors (Lipinski definition) is 5. The summed E-state index contributed by atoms with van der Waals surface area (Å²) in [4.78, 5) is 2.54. The molecule has 1 aliphatic rings. The van der Waals surface area contributed by atoms with Crippen molar-refractivity contribution in [2.45, 2.75) is 25.3 Å². The third-order valence-electron chi connectivity index (χ3n) is 5.43. The molecule has 3 rings (SSSR count). The SMILES string of the molecule is COc1ccc(S(=O)(=O)N2CCN(Cc3cccc(C)c3C)CC2)cc1OC. The summed E-state index contributed by atoms with van der Waals surface area (Å²) in [7, 11) is -0.530. The van der Waals surface area contributed by atoms with Crippen LogP contribution < -0.4 is 9.47 Å². The van der Waals surface area contributed by atoms with Gasteiger partial charge in [-0.1, -0.05) is 18.2 Å². The number of methoxy groups -OCH3 is 2. The molecule has 6 nitrogen and oxygen atoms in total. The number of aryl methyl sites for hydroxylation is 1. The van der Waals surface area contributed by atoms with Gasteiger partial charge in [-0.2, -0.15) is 4.31 Å². The molecule has 0 aromatic heterocycles. The van der Waals surface area contributed by atoms with Crippen LogP contribution in [0, 0.1) is 13.8 Å². The first-order chi connectivity index (χ1) is 13.4. The minimum Gasteiger partial charge on any atom is -0.493 e. The first-order valence-corrected chi connectivity index (χ1v) is 10.8. The lowest BCUT2D eigenvalue weighted by Gasteiger charge is -2.34. The molecular formula is C21H28N2O4S. The van der Waals surface area contributed by atoms with Crippen LogP contribution in [0.2, 0.25) is 0 Å². The largest absolute Gasteiger partial charge is 0.493 e. The molecule has 0 saturated carbocycles. The first kappa shape index (κ1) is 20.6. The normalized spacial score (nSPS) is 16.1. The Labute approximate surface area is 167 Å². The molecule has 0 unspecified atom stereocenters. The van der Waals surface area contributed by atoms with E-state index in [2.05, 4.69) is 36.9 Å². The van der Waals surface area contributed by atoms with E-state index in [0.29, 0.717) is 37.7 Å². The second kappa shape index (κ2) is 8.51. The van der Waals surface area contributed by atoms with Crippen molar-refractivity contribution in [2.24, 2.45) is 0 Å². The van der Waals surface area contributed by atoms with E-state index in [1.165, 1.54) is 37.0 Å². The highest BCUT2D eigenvalue weighted by Gasteiger charge is 2.29.